The third-order valence-electron chi connectivity index (χ3n) is 3.20. The summed E-state index contributed by atoms with van der Waals surface area (Å²) in [4.78, 5) is -0.126. The molecule has 1 aromatic carbocycles. The molecule has 2 rings (SSSR count). The summed E-state index contributed by atoms with van der Waals surface area (Å²) < 4.78 is 45.2. The summed E-state index contributed by atoms with van der Waals surface area (Å²) in [6.45, 7) is -0.0651. The number of sulfonamides is 1. The number of nitrogens with two attached hydrogens (primary N) is 1. The van der Waals surface area contributed by atoms with Crippen molar-refractivity contribution in [2.45, 2.75) is 17.5 Å². The fourth-order valence-corrected chi connectivity index (χ4v) is 3.84. The summed E-state index contributed by atoms with van der Waals surface area (Å²) >= 11 is 0. The molecule has 20 heavy (non-hydrogen) atoms. The van der Waals surface area contributed by atoms with E-state index in [2.05, 4.69) is 0 Å². The molecule has 6 nitrogen and oxygen atoms in total. The fraction of sp³-hybridized carbons (Fsp3) is 0.500. The van der Waals surface area contributed by atoms with E-state index in [-0.39, 0.29) is 43.3 Å². The van der Waals surface area contributed by atoms with Crippen LogP contribution >= 0.6 is 0 Å². The lowest BCUT2D eigenvalue weighted by Crippen LogP contribution is -2.47. The van der Waals surface area contributed by atoms with Crippen molar-refractivity contribution >= 4 is 10.0 Å². The first-order valence-electron chi connectivity index (χ1n) is 6.20. The van der Waals surface area contributed by atoms with Crippen molar-refractivity contribution in [2.75, 3.05) is 26.3 Å². The molecule has 0 saturated carbocycles. The van der Waals surface area contributed by atoms with E-state index in [1.165, 1.54) is 22.5 Å². The van der Waals surface area contributed by atoms with E-state index in [1.54, 1.807) is 0 Å². The monoisotopic (exact) mass is 304 g/mol. The summed E-state index contributed by atoms with van der Waals surface area (Å²) in [5, 5.41) is 9.06. The van der Waals surface area contributed by atoms with Crippen LogP contribution in [0.2, 0.25) is 0 Å². The first-order chi connectivity index (χ1) is 9.50. The second-order valence-electron chi connectivity index (χ2n) is 4.46. The third kappa shape index (κ3) is 2.84. The van der Waals surface area contributed by atoms with Crippen molar-refractivity contribution in [2.24, 2.45) is 5.73 Å². The molecule has 1 saturated heterocycles. The molecule has 1 atom stereocenters. The van der Waals surface area contributed by atoms with Gasteiger partial charge in [-0.05, 0) is 12.1 Å². The highest BCUT2D eigenvalue weighted by atomic mass is 32.2. The lowest BCUT2D eigenvalue weighted by atomic mass is 10.2. The Bertz CT molecular complexity index is 579. The van der Waals surface area contributed by atoms with E-state index in [1.807, 2.05) is 0 Å². The van der Waals surface area contributed by atoms with E-state index in [0.29, 0.717) is 0 Å². The highest BCUT2D eigenvalue weighted by Gasteiger charge is 2.32. The summed E-state index contributed by atoms with van der Waals surface area (Å²) in [6.07, 6.45) is -0.562. The van der Waals surface area contributed by atoms with Gasteiger partial charge in [0, 0.05) is 25.2 Å². The number of halogens is 1. The number of aliphatic hydroxyl groups is 1. The second-order valence-corrected chi connectivity index (χ2v) is 6.37. The van der Waals surface area contributed by atoms with Gasteiger partial charge < -0.3 is 15.6 Å². The molecule has 1 aliphatic heterocycles. The maximum absolute atomic E-state index is 13.7. The number of ether oxygens (including phenoxy) is 1. The molecule has 112 valence electrons. The van der Waals surface area contributed by atoms with Crippen LogP contribution in [0.1, 0.15) is 5.56 Å². The van der Waals surface area contributed by atoms with Crippen molar-refractivity contribution in [1.29, 1.82) is 0 Å². The van der Waals surface area contributed by atoms with Gasteiger partial charge in [0.05, 0.1) is 24.2 Å². The Kier molecular flexibility index (Phi) is 4.71. The largest absolute Gasteiger partial charge is 0.394 e. The Morgan fingerprint density at radius 1 is 1.50 bits per heavy atom. The number of hydrogen-bond donors (Lipinski definition) is 2. The molecule has 3 N–H and O–H groups in total. The predicted molar refractivity (Wildman–Crippen MR) is 69.9 cm³/mol. The zero-order valence-corrected chi connectivity index (χ0v) is 11.6. The Balaban J connectivity index is 2.38. The summed E-state index contributed by atoms with van der Waals surface area (Å²) in [7, 11) is -3.85. The van der Waals surface area contributed by atoms with Crippen molar-refractivity contribution in [3.63, 3.8) is 0 Å². The molecule has 1 unspecified atom stereocenters. The highest BCUT2D eigenvalue weighted by Crippen LogP contribution is 2.24. The number of aliphatic hydroxyl groups excluding tert-OH is 1. The van der Waals surface area contributed by atoms with Crippen molar-refractivity contribution in [1.82, 2.24) is 4.31 Å². The lowest BCUT2D eigenvalue weighted by Gasteiger charge is -2.31. The summed E-state index contributed by atoms with van der Waals surface area (Å²) in [5.74, 6) is -0.638. The quantitative estimate of drug-likeness (QED) is 0.794. The van der Waals surface area contributed by atoms with E-state index in [0.717, 1.165) is 0 Å². The minimum atomic E-state index is -3.85. The molecule has 1 fully saturated rings. The SMILES string of the molecule is NCc1c(F)cccc1S(=O)(=O)N1CCOC(CO)C1. The Hall–Kier alpha value is -1.06. The van der Waals surface area contributed by atoms with E-state index >= 15 is 0 Å². The first kappa shape index (κ1) is 15.3. The molecule has 1 aliphatic rings. The first-order valence-corrected chi connectivity index (χ1v) is 7.64. The molecule has 1 heterocycles. The second kappa shape index (κ2) is 6.15. The molecule has 0 amide bonds. The van der Waals surface area contributed by atoms with Crippen LogP contribution in [0, 0.1) is 5.82 Å². The minimum Gasteiger partial charge on any atom is -0.394 e. The van der Waals surface area contributed by atoms with Crippen LogP contribution in [-0.4, -0.2) is 50.2 Å². The molecule has 1 aromatic rings. The van der Waals surface area contributed by atoms with Crippen LogP contribution in [0.25, 0.3) is 0 Å². The Labute approximate surface area is 117 Å². The van der Waals surface area contributed by atoms with Crippen LogP contribution < -0.4 is 5.73 Å². The van der Waals surface area contributed by atoms with Crippen LogP contribution in [0.15, 0.2) is 23.1 Å². The van der Waals surface area contributed by atoms with Crippen LogP contribution in [-0.2, 0) is 21.3 Å². The summed E-state index contributed by atoms with van der Waals surface area (Å²) in [5.41, 5.74) is 5.42. The standard InChI is InChI=1S/C12H17FN2O4S/c13-11-2-1-3-12(10(11)6-14)20(17,18)15-4-5-19-9(7-15)8-16/h1-3,9,16H,4-8,14H2. The highest BCUT2D eigenvalue weighted by molar-refractivity contribution is 7.89. The number of morpholine rings is 1. The molecule has 0 aliphatic carbocycles. The lowest BCUT2D eigenvalue weighted by molar-refractivity contribution is -0.0304. The number of benzene rings is 1. The van der Waals surface area contributed by atoms with Gasteiger partial charge in [-0.3, -0.25) is 0 Å². The maximum atomic E-state index is 13.7. The average Bonchev–Trinajstić information content (AvgIpc) is 2.47. The minimum absolute atomic E-state index is 0.0282. The molecule has 8 heteroatoms. The molecular formula is C12H17FN2O4S. The zero-order valence-electron chi connectivity index (χ0n) is 10.8. The maximum Gasteiger partial charge on any atom is 0.243 e. The van der Waals surface area contributed by atoms with E-state index in [9.17, 15) is 12.8 Å². The molecular weight excluding hydrogens is 287 g/mol. The van der Waals surface area contributed by atoms with Crippen molar-refractivity contribution in [3.05, 3.63) is 29.6 Å². The predicted octanol–water partition coefficient (Wildman–Crippen LogP) is -0.334. The van der Waals surface area contributed by atoms with Crippen LogP contribution in [0.5, 0.6) is 0 Å². The van der Waals surface area contributed by atoms with Gasteiger partial charge in [-0.25, -0.2) is 12.8 Å². The summed E-state index contributed by atoms with van der Waals surface area (Å²) in [6, 6.07) is 3.85. The van der Waals surface area contributed by atoms with Gasteiger partial charge in [0.2, 0.25) is 10.0 Å². The van der Waals surface area contributed by atoms with Gasteiger partial charge in [-0.2, -0.15) is 4.31 Å². The Morgan fingerprint density at radius 2 is 2.25 bits per heavy atom. The average molecular weight is 304 g/mol. The smallest absolute Gasteiger partial charge is 0.243 e. The van der Waals surface area contributed by atoms with Gasteiger partial charge in [-0.1, -0.05) is 6.07 Å². The van der Waals surface area contributed by atoms with Gasteiger partial charge in [0.15, 0.2) is 0 Å². The van der Waals surface area contributed by atoms with Crippen LogP contribution in [0.4, 0.5) is 4.39 Å². The third-order valence-corrected chi connectivity index (χ3v) is 5.15. The van der Waals surface area contributed by atoms with Gasteiger partial charge >= 0.3 is 0 Å². The topological polar surface area (TPSA) is 92.9 Å². The number of nitrogens with zero attached hydrogens (tertiary/aromatic N) is 1. The number of hydrogen-bond acceptors (Lipinski definition) is 5. The van der Waals surface area contributed by atoms with Crippen molar-refractivity contribution < 1.29 is 22.7 Å². The molecule has 0 radical (unpaired) electrons. The zero-order chi connectivity index (χ0) is 14.8. The fourth-order valence-electron chi connectivity index (χ4n) is 2.14. The number of rotatable bonds is 4. The van der Waals surface area contributed by atoms with Crippen LogP contribution in [0.3, 0.4) is 0 Å². The van der Waals surface area contributed by atoms with Gasteiger partial charge in [0.1, 0.15) is 5.82 Å². The Morgan fingerprint density at radius 3 is 2.90 bits per heavy atom. The van der Waals surface area contributed by atoms with E-state index in [4.69, 9.17) is 15.6 Å². The van der Waals surface area contributed by atoms with Gasteiger partial charge in [-0.15, -0.1) is 0 Å². The molecule has 0 spiro atoms. The molecule has 0 aromatic heterocycles. The van der Waals surface area contributed by atoms with Crippen molar-refractivity contribution in [3.8, 4) is 0 Å². The normalized spacial score (nSPS) is 21.1. The van der Waals surface area contributed by atoms with Gasteiger partial charge in [0.25, 0.3) is 0 Å². The molecule has 0 bridgehead atoms. The van der Waals surface area contributed by atoms with E-state index < -0.39 is 21.9 Å².